The molecule has 1 heterocycles. The fourth-order valence-corrected chi connectivity index (χ4v) is 2.39. The number of pyridine rings is 1. The zero-order valence-corrected chi connectivity index (χ0v) is 18.4. The Morgan fingerprint density at radius 3 is 1.54 bits per heavy atom. The predicted octanol–water partition coefficient (Wildman–Crippen LogP) is 7.18. The van der Waals surface area contributed by atoms with Crippen molar-refractivity contribution in [1.29, 1.82) is 0 Å². The normalized spacial score (nSPS) is 9.50. The number of halogens is 2. The van der Waals surface area contributed by atoms with E-state index in [1.54, 1.807) is 0 Å². The molecule has 0 saturated carbocycles. The molecule has 0 spiro atoms. The van der Waals surface area contributed by atoms with Crippen molar-refractivity contribution < 1.29 is 20.8 Å². The van der Waals surface area contributed by atoms with Gasteiger partial charge in [-0.1, -0.05) is 73.8 Å². The van der Waals surface area contributed by atoms with Crippen LogP contribution in [0.25, 0.3) is 10.6 Å². The van der Waals surface area contributed by atoms with Gasteiger partial charge in [0.15, 0.2) is 0 Å². The molecule has 0 aliphatic rings. The molecule has 0 atom stereocenters. The van der Waals surface area contributed by atoms with Crippen LogP contribution >= 0.6 is 17.0 Å². The predicted molar refractivity (Wildman–Crippen MR) is 107 cm³/mol. The van der Waals surface area contributed by atoms with Crippen LogP contribution in [-0.2, 0) is 33.9 Å². The monoisotopic (exact) mass is 461 g/mol. The van der Waals surface area contributed by atoms with E-state index < -0.39 is 20.8 Å². The first-order valence-electron chi connectivity index (χ1n) is 8.09. The number of hydrogen-bond donors (Lipinski definition) is 0. The fraction of sp³-hybridized carbons (Fsp3) is 0.150. The van der Waals surface area contributed by atoms with Gasteiger partial charge in [-0.25, -0.2) is 0 Å². The van der Waals surface area contributed by atoms with Crippen molar-refractivity contribution in [3.63, 3.8) is 0 Å². The summed E-state index contributed by atoms with van der Waals surface area (Å²) in [6.07, 6.45) is 0. The first kappa shape index (κ1) is 21.0. The molecular formula is C20H19Cl2N3Zr. The van der Waals surface area contributed by atoms with Crippen LogP contribution < -0.4 is 0 Å². The van der Waals surface area contributed by atoms with E-state index >= 15 is 0 Å². The first-order valence-corrected chi connectivity index (χ1v) is 14.4. The molecule has 132 valence electrons. The molecule has 3 rings (SSSR count). The Morgan fingerprint density at radius 2 is 1.15 bits per heavy atom. The molecule has 0 unspecified atom stereocenters. The van der Waals surface area contributed by atoms with E-state index in [0.29, 0.717) is 13.1 Å². The van der Waals surface area contributed by atoms with Gasteiger partial charge >= 0.3 is 37.9 Å². The zero-order valence-electron chi connectivity index (χ0n) is 14.4. The maximum atomic E-state index is 4.93. The molecule has 1 aromatic heterocycles. The molecule has 2 aromatic carbocycles. The number of hydrogen-bond acceptors (Lipinski definition) is 1. The van der Waals surface area contributed by atoms with Crippen LogP contribution in [0.15, 0.2) is 72.8 Å². The van der Waals surface area contributed by atoms with E-state index in [4.69, 9.17) is 17.0 Å². The van der Waals surface area contributed by atoms with Crippen molar-refractivity contribution in [2.75, 3.05) is 0 Å². The molecule has 0 amide bonds. The van der Waals surface area contributed by atoms with Gasteiger partial charge in [-0.2, -0.15) is 0 Å². The summed E-state index contributed by atoms with van der Waals surface area (Å²) in [5.74, 6) is 0. The Kier molecular flexibility index (Phi) is 9.77. The minimum atomic E-state index is -0.826. The van der Waals surface area contributed by atoms with Gasteiger partial charge in [0.2, 0.25) is 0 Å². The molecule has 26 heavy (non-hydrogen) atoms. The summed E-state index contributed by atoms with van der Waals surface area (Å²) in [6.45, 7) is 3.26. The molecule has 6 heteroatoms. The Hall–Kier alpha value is -1.35. The summed E-state index contributed by atoms with van der Waals surface area (Å²) in [6, 6.07) is 24.1. The Morgan fingerprint density at radius 1 is 0.769 bits per heavy atom. The van der Waals surface area contributed by atoms with Crippen LogP contribution in [0.4, 0.5) is 11.4 Å². The molecular weight excluding hydrogens is 444 g/mol. The van der Waals surface area contributed by atoms with Crippen molar-refractivity contribution in [3.05, 3.63) is 100 Å². The molecule has 0 aliphatic heterocycles. The third kappa shape index (κ3) is 7.91. The quantitative estimate of drug-likeness (QED) is 0.382. The maximum absolute atomic E-state index is 4.93. The summed E-state index contributed by atoms with van der Waals surface area (Å²) >= 11 is -0.826. The first-order chi connectivity index (χ1) is 12.7. The van der Waals surface area contributed by atoms with E-state index in [0.717, 1.165) is 22.8 Å². The Labute approximate surface area is 173 Å². The summed E-state index contributed by atoms with van der Waals surface area (Å²) in [7, 11) is 9.87. The topological polar surface area (TPSA) is 41.1 Å². The van der Waals surface area contributed by atoms with Crippen LogP contribution in [0.3, 0.4) is 0 Å². The van der Waals surface area contributed by atoms with E-state index in [2.05, 4.69) is 34.7 Å². The number of aromatic nitrogens is 1. The second-order valence-electron chi connectivity index (χ2n) is 5.50. The van der Waals surface area contributed by atoms with Crippen LogP contribution in [0, 0.1) is 6.92 Å². The standard InChI is InChI=1S/C20H19N3.2ClH.Zr/c1-16-12-19(14-21-17-8-4-2-5-9-17)23-20(13-16)15-22-18-10-6-3-7-11-18;;;/h2-13H,14-15H2,1H3;2*1H;/q-2;;;+4/p-2. The van der Waals surface area contributed by atoms with Crippen LogP contribution in [0.5, 0.6) is 0 Å². The molecule has 0 fully saturated rings. The molecule has 0 bridgehead atoms. The summed E-state index contributed by atoms with van der Waals surface area (Å²) in [5, 5.41) is 9.17. The van der Waals surface area contributed by atoms with Crippen LogP contribution in [-0.4, -0.2) is 4.98 Å². The van der Waals surface area contributed by atoms with Gasteiger partial charge in [-0.3, -0.25) is 4.98 Å². The molecule has 0 N–H and O–H groups in total. The molecule has 0 aliphatic carbocycles. The zero-order chi connectivity index (χ0) is 18.6. The van der Waals surface area contributed by atoms with Crippen molar-refractivity contribution in [2.24, 2.45) is 0 Å². The second kappa shape index (κ2) is 12.1. The summed E-state index contributed by atoms with van der Waals surface area (Å²) in [4.78, 5) is 4.68. The minimum absolute atomic E-state index is 0.587. The van der Waals surface area contributed by atoms with Gasteiger partial charge in [-0.15, -0.1) is 11.4 Å². The average molecular weight is 464 g/mol. The van der Waals surface area contributed by atoms with Crippen LogP contribution in [0.2, 0.25) is 0 Å². The van der Waals surface area contributed by atoms with Crippen molar-refractivity contribution >= 4 is 28.4 Å². The second-order valence-corrected chi connectivity index (χ2v) is 9.23. The molecule has 0 saturated heterocycles. The van der Waals surface area contributed by atoms with Gasteiger partial charge in [0, 0.05) is 11.4 Å². The molecule has 0 radical (unpaired) electrons. The van der Waals surface area contributed by atoms with Gasteiger partial charge in [0.05, 0.1) is 0 Å². The van der Waals surface area contributed by atoms with Crippen molar-refractivity contribution in [1.82, 2.24) is 4.98 Å². The number of para-hydroxylation sites is 2. The third-order valence-corrected chi connectivity index (χ3v) is 3.44. The van der Waals surface area contributed by atoms with E-state index in [1.807, 2.05) is 60.7 Å². The third-order valence-electron chi connectivity index (χ3n) is 3.44. The fourth-order valence-electron chi connectivity index (χ4n) is 2.39. The number of benzene rings is 2. The number of nitrogens with zero attached hydrogens (tertiary/aromatic N) is 3. The van der Waals surface area contributed by atoms with Gasteiger partial charge in [-0.05, 0) is 24.6 Å². The summed E-state index contributed by atoms with van der Waals surface area (Å²) in [5.41, 5.74) is 5.11. The number of aryl methyl sites for hydroxylation is 1. The SMILES string of the molecule is Cc1cc(C[N-]c2ccccc2)nc(C[N-]c2ccccc2)c1.[Cl][Zr+2][Cl]. The van der Waals surface area contributed by atoms with Crippen molar-refractivity contribution in [2.45, 2.75) is 20.0 Å². The Bertz CT molecular complexity index is 709. The average Bonchev–Trinajstić information content (AvgIpc) is 2.67. The van der Waals surface area contributed by atoms with E-state index in [-0.39, 0.29) is 0 Å². The molecule has 3 nitrogen and oxygen atoms in total. The number of rotatable bonds is 6. The van der Waals surface area contributed by atoms with Crippen molar-refractivity contribution in [3.8, 4) is 0 Å². The van der Waals surface area contributed by atoms with Crippen LogP contribution in [0.1, 0.15) is 17.0 Å². The molecule has 3 aromatic rings. The van der Waals surface area contributed by atoms with Gasteiger partial charge in [0.1, 0.15) is 0 Å². The van der Waals surface area contributed by atoms with Gasteiger partial charge in [0.25, 0.3) is 0 Å². The van der Waals surface area contributed by atoms with E-state index in [1.165, 1.54) is 5.56 Å². The summed E-state index contributed by atoms with van der Waals surface area (Å²) < 4.78 is 0. The van der Waals surface area contributed by atoms with Gasteiger partial charge < -0.3 is 10.6 Å². The Balaban J connectivity index is 0.000000758. The van der Waals surface area contributed by atoms with E-state index in [9.17, 15) is 0 Å².